The average Bonchev–Trinajstić information content (AvgIpc) is 2.42. The molecule has 1 unspecified atom stereocenters. The number of piperidine rings is 1. The van der Waals surface area contributed by atoms with Crippen LogP contribution in [0.4, 0.5) is 0 Å². The number of rotatable bonds is 5. The predicted molar refractivity (Wildman–Crippen MR) is 73.0 cm³/mol. The SMILES string of the molecule is CCOC1CCN(C(C(=O)O)c2ccccc2)CC1. The first-order valence-electron chi connectivity index (χ1n) is 6.85. The number of ether oxygens (including phenoxy) is 1. The third-order valence-corrected chi connectivity index (χ3v) is 3.59. The molecule has 1 saturated heterocycles. The average molecular weight is 263 g/mol. The minimum atomic E-state index is -0.777. The highest BCUT2D eigenvalue weighted by molar-refractivity contribution is 5.75. The van der Waals surface area contributed by atoms with Gasteiger partial charge in [0.2, 0.25) is 0 Å². The summed E-state index contributed by atoms with van der Waals surface area (Å²) in [5.74, 6) is -0.777. The number of carboxylic acid groups (broad SMARTS) is 1. The Morgan fingerprint density at radius 3 is 2.53 bits per heavy atom. The fourth-order valence-corrected chi connectivity index (χ4v) is 2.68. The number of nitrogens with zero attached hydrogens (tertiary/aromatic N) is 1. The quantitative estimate of drug-likeness (QED) is 0.885. The number of aliphatic carboxylic acids is 1. The minimum absolute atomic E-state index is 0.284. The van der Waals surface area contributed by atoms with Crippen LogP contribution in [0.3, 0.4) is 0 Å². The van der Waals surface area contributed by atoms with Crippen molar-refractivity contribution in [2.75, 3.05) is 19.7 Å². The molecule has 4 heteroatoms. The van der Waals surface area contributed by atoms with Crippen LogP contribution in [0.1, 0.15) is 31.4 Å². The van der Waals surface area contributed by atoms with Crippen LogP contribution in [-0.2, 0) is 9.53 Å². The van der Waals surface area contributed by atoms with E-state index in [2.05, 4.69) is 0 Å². The van der Waals surface area contributed by atoms with Gasteiger partial charge in [-0.3, -0.25) is 9.69 Å². The van der Waals surface area contributed by atoms with Crippen molar-refractivity contribution in [3.63, 3.8) is 0 Å². The van der Waals surface area contributed by atoms with Crippen molar-refractivity contribution in [1.82, 2.24) is 4.90 Å². The van der Waals surface area contributed by atoms with Gasteiger partial charge in [-0.1, -0.05) is 30.3 Å². The van der Waals surface area contributed by atoms with Gasteiger partial charge >= 0.3 is 5.97 Å². The van der Waals surface area contributed by atoms with E-state index in [1.165, 1.54) is 0 Å². The summed E-state index contributed by atoms with van der Waals surface area (Å²) in [7, 11) is 0. The summed E-state index contributed by atoms with van der Waals surface area (Å²) in [6.07, 6.45) is 2.10. The molecule has 4 nitrogen and oxygen atoms in total. The van der Waals surface area contributed by atoms with Crippen LogP contribution in [0.5, 0.6) is 0 Å². The van der Waals surface area contributed by atoms with Gasteiger partial charge in [0.1, 0.15) is 6.04 Å². The number of carbonyl (C=O) groups is 1. The molecule has 0 bridgehead atoms. The van der Waals surface area contributed by atoms with Crippen molar-refractivity contribution < 1.29 is 14.6 Å². The van der Waals surface area contributed by atoms with Crippen LogP contribution in [-0.4, -0.2) is 41.8 Å². The lowest BCUT2D eigenvalue weighted by Gasteiger charge is -2.35. The van der Waals surface area contributed by atoms with E-state index in [1.807, 2.05) is 42.2 Å². The van der Waals surface area contributed by atoms with E-state index < -0.39 is 12.0 Å². The Morgan fingerprint density at radius 2 is 2.00 bits per heavy atom. The van der Waals surface area contributed by atoms with Crippen LogP contribution < -0.4 is 0 Å². The Labute approximate surface area is 114 Å². The molecule has 1 aromatic rings. The highest BCUT2D eigenvalue weighted by atomic mass is 16.5. The van der Waals surface area contributed by atoms with Gasteiger partial charge in [-0.05, 0) is 25.3 Å². The molecule has 1 aliphatic rings. The Bertz CT molecular complexity index is 399. The molecule has 1 N–H and O–H groups in total. The maximum Gasteiger partial charge on any atom is 0.325 e. The van der Waals surface area contributed by atoms with Crippen molar-refractivity contribution >= 4 is 5.97 Å². The summed E-state index contributed by atoms with van der Waals surface area (Å²) in [5, 5.41) is 9.48. The Kier molecular flexibility index (Phi) is 4.93. The molecule has 19 heavy (non-hydrogen) atoms. The lowest BCUT2D eigenvalue weighted by Crippen LogP contribution is -2.42. The smallest absolute Gasteiger partial charge is 0.325 e. The van der Waals surface area contributed by atoms with E-state index >= 15 is 0 Å². The molecule has 0 saturated carbocycles. The van der Waals surface area contributed by atoms with Crippen molar-refractivity contribution in [2.24, 2.45) is 0 Å². The summed E-state index contributed by atoms with van der Waals surface area (Å²) in [5.41, 5.74) is 0.852. The molecule has 1 fully saturated rings. The van der Waals surface area contributed by atoms with E-state index in [-0.39, 0.29) is 6.10 Å². The van der Waals surface area contributed by atoms with Gasteiger partial charge < -0.3 is 9.84 Å². The number of benzene rings is 1. The number of carboxylic acids is 1. The Morgan fingerprint density at radius 1 is 1.37 bits per heavy atom. The second-order valence-electron chi connectivity index (χ2n) is 4.84. The standard InChI is InChI=1S/C15H21NO3/c1-2-19-13-8-10-16(11-9-13)14(15(17)18)12-6-4-3-5-7-12/h3-7,13-14H,2,8-11H2,1H3,(H,17,18). The first-order valence-corrected chi connectivity index (χ1v) is 6.85. The zero-order valence-electron chi connectivity index (χ0n) is 11.3. The van der Waals surface area contributed by atoms with Crippen molar-refractivity contribution in [1.29, 1.82) is 0 Å². The van der Waals surface area contributed by atoms with Gasteiger partial charge in [-0.25, -0.2) is 0 Å². The normalized spacial score (nSPS) is 19.2. The van der Waals surface area contributed by atoms with Gasteiger partial charge in [0, 0.05) is 19.7 Å². The summed E-state index contributed by atoms with van der Waals surface area (Å²) >= 11 is 0. The van der Waals surface area contributed by atoms with Crippen LogP contribution in [0, 0.1) is 0 Å². The second kappa shape index (κ2) is 6.68. The van der Waals surface area contributed by atoms with Gasteiger partial charge in [0.15, 0.2) is 0 Å². The summed E-state index contributed by atoms with van der Waals surface area (Å²) in [6, 6.07) is 8.91. The van der Waals surface area contributed by atoms with Crippen molar-refractivity contribution in [2.45, 2.75) is 31.9 Å². The predicted octanol–water partition coefficient (Wildman–Crippen LogP) is 2.31. The molecular formula is C15H21NO3. The molecular weight excluding hydrogens is 242 g/mol. The molecule has 0 aromatic heterocycles. The highest BCUT2D eigenvalue weighted by Gasteiger charge is 2.30. The molecule has 104 valence electrons. The zero-order chi connectivity index (χ0) is 13.7. The van der Waals surface area contributed by atoms with E-state index in [1.54, 1.807) is 0 Å². The van der Waals surface area contributed by atoms with E-state index in [0.717, 1.165) is 38.1 Å². The lowest BCUT2D eigenvalue weighted by molar-refractivity contribution is -0.144. The lowest BCUT2D eigenvalue weighted by atomic mass is 10.0. The van der Waals surface area contributed by atoms with Crippen molar-refractivity contribution in [3.05, 3.63) is 35.9 Å². The molecule has 1 heterocycles. The van der Waals surface area contributed by atoms with Crippen LogP contribution >= 0.6 is 0 Å². The fraction of sp³-hybridized carbons (Fsp3) is 0.533. The minimum Gasteiger partial charge on any atom is -0.480 e. The van der Waals surface area contributed by atoms with Gasteiger partial charge in [0.05, 0.1) is 6.10 Å². The van der Waals surface area contributed by atoms with Crippen LogP contribution in [0.15, 0.2) is 30.3 Å². The van der Waals surface area contributed by atoms with Gasteiger partial charge in [0.25, 0.3) is 0 Å². The Balaban J connectivity index is 2.04. The second-order valence-corrected chi connectivity index (χ2v) is 4.84. The van der Waals surface area contributed by atoms with Crippen LogP contribution in [0.2, 0.25) is 0 Å². The summed E-state index contributed by atoms with van der Waals surface area (Å²) in [4.78, 5) is 13.6. The number of hydrogen-bond donors (Lipinski definition) is 1. The zero-order valence-corrected chi connectivity index (χ0v) is 11.3. The third-order valence-electron chi connectivity index (χ3n) is 3.59. The molecule has 1 aromatic carbocycles. The molecule has 0 radical (unpaired) electrons. The van der Waals surface area contributed by atoms with Gasteiger partial charge in [-0.15, -0.1) is 0 Å². The number of hydrogen-bond acceptors (Lipinski definition) is 3. The largest absolute Gasteiger partial charge is 0.480 e. The van der Waals surface area contributed by atoms with Gasteiger partial charge in [-0.2, -0.15) is 0 Å². The van der Waals surface area contributed by atoms with Crippen molar-refractivity contribution in [3.8, 4) is 0 Å². The fourth-order valence-electron chi connectivity index (χ4n) is 2.68. The maximum atomic E-state index is 11.5. The Hall–Kier alpha value is -1.39. The van der Waals surface area contributed by atoms with E-state index in [4.69, 9.17) is 4.74 Å². The highest BCUT2D eigenvalue weighted by Crippen LogP contribution is 2.25. The molecule has 0 amide bonds. The molecule has 1 atom stereocenters. The molecule has 0 aliphatic carbocycles. The van der Waals surface area contributed by atoms with E-state index in [9.17, 15) is 9.90 Å². The first kappa shape index (κ1) is 14.0. The number of likely N-dealkylation sites (tertiary alicyclic amines) is 1. The topological polar surface area (TPSA) is 49.8 Å². The first-order chi connectivity index (χ1) is 9.22. The monoisotopic (exact) mass is 263 g/mol. The molecule has 0 spiro atoms. The van der Waals surface area contributed by atoms with Crippen LogP contribution in [0.25, 0.3) is 0 Å². The third kappa shape index (κ3) is 3.55. The summed E-state index contributed by atoms with van der Waals surface area (Å²) in [6.45, 7) is 4.27. The molecule has 1 aliphatic heterocycles. The molecule has 2 rings (SSSR count). The maximum absolute atomic E-state index is 11.5. The van der Waals surface area contributed by atoms with E-state index in [0.29, 0.717) is 0 Å². The summed E-state index contributed by atoms with van der Waals surface area (Å²) < 4.78 is 5.60.